The Bertz CT molecular complexity index is 530. The molecular formula is C12H20N8O. The van der Waals surface area contributed by atoms with Gasteiger partial charge in [-0.15, -0.1) is 0 Å². The average Bonchev–Trinajstić information content (AvgIpc) is 3.00. The van der Waals surface area contributed by atoms with Crippen LogP contribution in [0, 0.1) is 0 Å². The van der Waals surface area contributed by atoms with E-state index >= 15 is 0 Å². The summed E-state index contributed by atoms with van der Waals surface area (Å²) in [5, 5.41) is 7.05. The summed E-state index contributed by atoms with van der Waals surface area (Å²) in [4.78, 5) is 16.1. The zero-order chi connectivity index (χ0) is 14.9. The lowest BCUT2D eigenvalue weighted by atomic mass is 10.4. The van der Waals surface area contributed by atoms with Crippen LogP contribution < -0.4 is 11.1 Å². The standard InChI is InChI=1S/C12H20N8O/c1-2-3-6-21-7-4-5-15-11-17-10(13)18-12(19-11)20-9-14-8-16-20/h8-9H,2-7H2,1H3,(H3,13,15,17,18,19). The highest BCUT2D eigenvalue weighted by Crippen LogP contribution is 2.05. The third-order valence-corrected chi connectivity index (χ3v) is 2.66. The van der Waals surface area contributed by atoms with Gasteiger partial charge in [-0.2, -0.15) is 24.7 Å². The van der Waals surface area contributed by atoms with Crippen molar-refractivity contribution in [2.24, 2.45) is 0 Å². The number of hydrogen-bond acceptors (Lipinski definition) is 8. The van der Waals surface area contributed by atoms with Crippen LogP contribution in [0.2, 0.25) is 0 Å². The van der Waals surface area contributed by atoms with Crippen LogP contribution in [-0.4, -0.2) is 49.5 Å². The van der Waals surface area contributed by atoms with Crippen molar-refractivity contribution in [3.8, 4) is 5.95 Å². The summed E-state index contributed by atoms with van der Waals surface area (Å²) < 4.78 is 6.91. The van der Waals surface area contributed by atoms with Crippen LogP contribution in [0.1, 0.15) is 26.2 Å². The molecule has 0 aliphatic heterocycles. The zero-order valence-electron chi connectivity index (χ0n) is 12.1. The highest BCUT2D eigenvalue weighted by atomic mass is 16.5. The Morgan fingerprint density at radius 2 is 2.10 bits per heavy atom. The molecule has 0 atom stereocenters. The number of nitrogens with zero attached hydrogens (tertiary/aromatic N) is 6. The summed E-state index contributed by atoms with van der Waals surface area (Å²) in [7, 11) is 0. The summed E-state index contributed by atoms with van der Waals surface area (Å²) in [6, 6.07) is 0. The molecule has 0 saturated heterocycles. The molecule has 0 amide bonds. The smallest absolute Gasteiger partial charge is 0.258 e. The van der Waals surface area contributed by atoms with E-state index in [4.69, 9.17) is 10.5 Å². The van der Waals surface area contributed by atoms with Crippen molar-refractivity contribution in [1.82, 2.24) is 29.7 Å². The van der Waals surface area contributed by atoms with Crippen LogP contribution >= 0.6 is 0 Å². The minimum absolute atomic E-state index is 0.136. The minimum Gasteiger partial charge on any atom is -0.381 e. The van der Waals surface area contributed by atoms with Crippen LogP contribution in [0.25, 0.3) is 5.95 Å². The second-order valence-corrected chi connectivity index (χ2v) is 4.40. The molecule has 0 radical (unpaired) electrons. The van der Waals surface area contributed by atoms with Crippen molar-refractivity contribution in [3.63, 3.8) is 0 Å². The van der Waals surface area contributed by atoms with E-state index in [-0.39, 0.29) is 5.95 Å². The molecule has 0 fully saturated rings. The molecule has 2 rings (SSSR count). The number of rotatable bonds is 9. The van der Waals surface area contributed by atoms with Crippen LogP contribution in [0.4, 0.5) is 11.9 Å². The molecule has 0 bridgehead atoms. The van der Waals surface area contributed by atoms with Crippen LogP contribution in [-0.2, 0) is 4.74 Å². The van der Waals surface area contributed by atoms with Gasteiger partial charge in [0.2, 0.25) is 11.9 Å². The quantitative estimate of drug-likeness (QED) is 0.647. The number of anilines is 2. The van der Waals surface area contributed by atoms with E-state index in [2.05, 4.69) is 37.3 Å². The number of unbranched alkanes of at least 4 members (excludes halogenated alkanes) is 1. The van der Waals surface area contributed by atoms with Crippen molar-refractivity contribution in [1.29, 1.82) is 0 Å². The van der Waals surface area contributed by atoms with Crippen molar-refractivity contribution in [2.75, 3.05) is 30.8 Å². The maximum Gasteiger partial charge on any atom is 0.258 e. The summed E-state index contributed by atoms with van der Waals surface area (Å²) in [6.45, 7) is 4.37. The summed E-state index contributed by atoms with van der Waals surface area (Å²) in [5.41, 5.74) is 5.66. The zero-order valence-corrected chi connectivity index (χ0v) is 12.1. The molecule has 114 valence electrons. The summed E-state index contributed by atoms with van der Waals surface area (Å²) in [5.74, 6) is 0.889. The summed E-state index contributed by atoms with van der Waals surface area (Å²) in [6.07, 6.45) is 6.01. The van der Waals surface area contributed by atoms with Crippen molar-refractivity contribution < 1.29 is 4.74 Å². The molecule has 2 aromatic heterocycles. The predicted octanol–water partition coefficient (Wildman–Crippen LogP) is 0.653. The Balaban J connectivity index is 1.81. The maximum absolute atomic E-state index is 5.66. The Morgan fingerprint density at radius 1 is 1.24 bits per heavy atom. The van der Waals surface area contributed by atoms with Gasteiger partial charge >= 0.3 is 0 Å². The van der Waals surface area contributed by atoms with Gasteiger partial charge in [-0.05, 0) is 12.8 Å². The second kappa shape index (κ2) is 8.10. The maximum atomic E-state index is 5.66. The van der Waals surface area contributed by atoms with Crippen LogP contribution in [0.3, 0.4) is 0 Å². The number of hydrogen-bond donors (Lipinski definition) is 2. The van der Waals surface area contributed by atoms with E-state index in [1.807, 2.05) is 0 Å². The van der Waals surface area contributed by atoms with Gasteiger partial charge in [-0.25, -0.2) is 4.98 Å². The number of nitrogens with one attached hydrogen (secondary N) is 1. The fourth-order valence-corrected chi connectivity index (χ4v) is 1.60. The molecule has 0 aliphatic rings. The molecule has 3 N–H and O–H groups in total. The Morgan fingerprint density at radius 3 is 2.86 bits per heavy atom. The second-order valence-electron chi connectivity index (χ2n) is 4.40. The molecule has 21 heavy (non-hydrogen) atoms. The van der Waals surface area contributed by atoms with Crippen molar-refractivity contribution in [3.05, 3.63) is 12.7 Å². The van der Waals surface area contributed by atoms with Gasteiger partial charge < -0.3 is 15.8 Å². The highest BCUT2D eigenvalue weighted by molar-refractivity contribution is 5.34. The lowest BCUT2D eigenvalue weighted by Gasteiger charge is -2.07. The van der Waals surface area contributed by atoms with Crippen molar-refractivity contribution in [2.45, 2.75) is 26.2 Å². The first kappa shape index (κ1) is 15.1. The lowest BCUT2D eigenvalue weighted by molar-refractivity contribution is 0.131. The first-order valence-electron chi connectivity index (χ1n) is 6.97. The number of nitrogen functional groups attached to an aromatic ring is 1. The first-order chi connectivity index (χ1) is 10.3. The monoisotopic (exact) mass is 292 g/mol. The molecule has 0 unspecified atom stereocenters. The Labute approximate surface area is 123 Å². The van der Waals surface area contributed by atoms with Crippen molar-refractivity contribution >= 4 is 11.9 Å². The molecule has 2 heterocycles. The van der Waals surface area contributed by atoms with Crippen LogP contribution in [0.15, 0.2) is 12.7 Å². The SMILES string of the molecule is CCCCOCCCNc1nc(N)nc(-n2cncn2)n1. The van der Waals surface area contributed by atoms with E-state index in [0.717, 1.165) is 25.9 Å². The van der Waals surface area contributed by atoms with E-state index in [1.165, 1.54) is 17.3 Å². The van der Waals surface area contributed by atoms with Gasteiger partial charge in [0.25, 0.3) is 5.95 Å². The van der Waals surface area contributed by atoms with Gasteiger partial charge in [-0.1, -0.05) is 13.3 Å². The molecule has 0 spiro atoms. The molecule has 2 aromatic rings. The average molecular weight is 292 g/mol. The molecule has 9 heteroatoms. The van der Waals surface area contributed by atoms with Gasteiger partial charge in [0.15, 0.2) is 0 Å². The van der Waals surface area contributed by atoms with E-state index in [0.29, 0.717) is 25.0 Å². The molecule has 0 aromatic carbocycles. The lowest BCUT2D eigenvalue weighted by Crippen LogP contribution is -2.13. The third-order valence-electron chi connectivity index (χ3n) is 2.66. The molecule has 0 aliphatic carbocycles. The number of aromatic nitrogens is 6. The highest BCUT2D eigenvalue weighted by Gasteiger charge is 2.06. The van der Waals surface area contributed by atoms with Gasteiger partial charge in [0.1, 0.15) is 12.7 Å². The molecular weight excluding hydrogens is 272 g/mol. The largest absolute Gasteiger partial charge is 0.381 e. The Hall–Kier alpha value is -2.29. The van der Waals surface area contributed by atoms with Gasteiger partial charge in [-0.3, -0.25) is 0 Å². The fourth-order valence-electron chi connectivity index (χ4n) is 1.60. The fraction of sp³-hybridized carbons (Fsp3) is 0.583. The number of ether oxygens (including phenoxy) is 1. The van der Waals surface area contributed by atoms with E-state index < -0.39 is 0 Å². The number of nitrogens with two attached hydrogens (primary N) is 1. The Kier molecular flexibility index (Phi) is 5.83. The van der Waals surface area contributed by atoms with E-state index in [1.54, 1.807) is 0 Å². The predicted molar refractivity (Wildman–Crippen MR) is 78.0 cm³/mol. The van der Waals surface area contributed by atoms with E-state index in [9.17, 15) is 0 Å². The topological polar surface area (TPSA) is 117 Å². The molecule has 9 nitrogen and oxygen atoms in total. The van der Waals surface area contributed by atoms with Gasteiger partial charge in [0.05, 0.1) is 0 Å². The third kappa shape index (κ3) is 4.95. The minimum atomic E-state index is 0.136. The van der Waals surface area contributed by atoms with Crippen LogP contribution in [0.5, 0.6) is 0 Å². The molecule has 0 saturated carbocycles. The van der Waals surface area contributed by atoms with Gasteiger partial charge in [0, 0.05) is 19.8 Å². The first-order valence-corrected chi connectivity index (χ1v) is 6.97. The summed E-state index contributed by atoms with van der Waals surface area (Å²) >= 11 is 0. The normalized spacial score (nSPS) is 10.7.